The molecule has 0 unspecified atom stereocenters. The van der Waals surface area contributed by atoms with Gasteiger partial charge in [-0.15, -0.1) is 0 Å². The van der Waals surface area contributed by atoms with Crippen molar-refractivity contribution in [3.8, 4) is 17.2 Å². The second-order valence-electron chi connectivity index (χ2n) is 9.02. The molecule has 1 aliphatic carbocycles. The molecular weight excluding hydrogens is 400 g/mol. The van der Waals surface area contributed by atoms with Crippen LogP contribution in [0.2, 0.25) is 0 Å². The molecule has 1 N–H and O–H groups in total. The Morgan fingerprint density at radius 3 is 2.53 bits per heavy atom. The van der Waals surface area contributed by atoms with Gasteiger partial charge in [-0.05, 0) is 75.0 Å². The number of nitrogens with one attached hydrogen (secondary N) is 1. The van der Waals surface area contributed by atoms with E-state index < -0.39 is 0 Å². The molecule has 1 atom stereocenters. The Bertz CT molecular complexity index is 916. The van der Waals surface area contributed by atoms with E-state index in [2.05, 4.69) is 28.4 Å². The number of allylic oxidation sites excluding steroid dienone is 1. The van der Waals surface area contributed by atoms with E-state index in [1.165, 1.54) is 50.0 Å². The maximum absolute atomic E-state index is 5.99. The fraction of sp³-hybridized carbons (Fsp3) is 0.481. The van der Waals surface area contributed by atoms with Gasteiger partial charge in [0, 0.05) is 24.7 Å². The van der Waals surface area contributed by atoms with Crippen LogP contribution in [0.5, 0.6) is 17.2 Å². The number of hydrogen-bond acceptors (Lipinski definition) is 5. The summed E-state index contributed by atoms with van der Waals surface area (Å²) in [6, 6.07) is 16.9. The highest BCUT2D eigenvalue weighted by atomic mass is 16.6. The summed E-state index contributed by atoms with van der Waals surface area (Å²) in [4.78, 5) is 2.60. The van der Waals surface area contributed by atoms with Crippen molar-refractivity contribution in [3.63, 3.8) is 0 Å². The summed E-state index contributed by atoms with van der Waals surface area (Å²) in [5.74, 6) is 2.69. The normalized spacial score (nSPS) is 18.3. The van der Waals surface area contributed by atoms with Crippen molar-refractivity contribution in [2.45, 2.75) is 44.6 Å². The lowest BCUT2D eigenvalue weighted by molar-refractivity contribution is 0.171. The van der Waals surface area contributed by atoms with Crippen molar-refractivity contribution in [2.24, 2.45) is 0 Å². The van der Waals surface area contributed by atoms with Crippen LogP contribution in [0.15, 0.2) is 59.8 Å². The smallest absolute Gasteiger partial charge is 0.161 e. The minimum Gasteiger partial charge on any atom is -0.493 e. The SMILES string of the molecule is c1ccc(OCCC(N[C@@H](Cc2ccc3c(c2)OCCO3)CN2CCCC2)=C2CC2)cc1. The highest BCUT2D eigenvalue weighted by Crippen LogP contribution is 2.33. The van der Waals surface area contributed by atoms with Crippen LogP contribution < -0.4 is 19.5 Å². The van der Waals surface area contributed by atoms with Gasteiger partial charge in [-0.3, -0.25) is 0 Å². The molecule has 2 aromatic carbocycles. The molecule has 0 aromatic heterocycles. The lowest BCUT2D eigenvalue weighted by Crippen LogP contribution is -2.41. The standard InChI is InChI=1S/C27H34N2O3/c1-2-6-24(7-3-1)30-15-12-25(22-9-10-22)28-23(20-29-13-4-5-14-29)18-21-8-11-26-27(19-21)32-17-16-31-26/h1-3,6-8,11,19,23,28H,4-5,9-10,12-18,20H2/t23-/m0/s1. The fourth-order valence-corrected chi connectivity index (χ4v) is 4.69. The van der Waals surface area contributed by atoms with E-state index in [4.69, 9.17) is 14.2 Å². The summed E-state index contributed by atoms with van der Waals surface area (Å²) < 4.78 is 17.5. The van der Waals surface area contributed by atoms with E-state index >= 15 is 0 Å². The van der Waals surface area contributed by atoms with E-state index in [0.717, 1.165) is 36.6 Å². The van der Waals surface area contributed by atoms with Crippen molar-refractivity contribution in [1.82, 2.24) is 10.2 Å². The number of para-hydroxylation sites is 1. The topological polar surface area (TPSA) is 43.0 Å². The van der Waals surface area contributed by atoms with E-state index in [1.54, 1.807) is 5.57 Å². The Kier molecular flexibility index (Phi) is 6.83. The zero-order valence-corrected chi connectivity index (χ0v) is 18.9. The second kappa shape index (κ2) is 10.3. The molecule has 2 fully saturated rings. The van der Waals surface area contributed by atoms with Gasteiger partial charge < -0.3 is 24.4 Å². The Hall–Kier alpha value is -2.66. The Balaban J connectivity index is 1.25. The van der Waals surface area contributed by atoms with Crippen molar-refractivity contribution in [1.29, 1.82) is 0 Å². The van der Waals surface area contributed by atoms with Crippen LogP contribution in [0.3, 0.4) is 0 Å². The number of nitrogens with zero attached hydrogens (tertiary/aromatic N) is 1. The first-order valence-electron chi connectivity index (χ1n) is 12.1. The van der Waals surface area contributed by atoms with Gasteiger partial charge in [0.2, 0.25) is 0 Å². The monoisotopic (exact) mass is 434 g/mol. The number of hydrogen-bond donors (Lipinski definition) is 1. The molecule has 0 amide bonds. The minimum atomic E-state index is 0.371. The molecule has 0 spiro atoms. The second-order valence-corrected chi connectivity index (χ2v) is 9.02. The minimum absolute atomic E-state index is 0.371. The summed E-state index contributed by atoms with van der Waals surface area (Å²) >= 11 is 0. The predicted octanol–water partition coefficient (Wildman–Crippen LogP) is 4.57. The Morgan fingerprint density at radius 2 is 1.75 bits per heavy atom. The molecule has 2 aliphatic heterocycles. The van der Waals surface area contributed by atoms with Crippen LogP contribution in [0.1, 0.15) is 37.7 Å². The number of fused-ring (bicyclic) bond motifs is 1. The Labute approximate surface area is 191 Å². The summed E-state index contributed by atoms with van der Waals surface area (Å²) in [7, 11) is 0. The number of rotatable bonds is 10. The highest BCUT2D eigenvalue weighted by Gasteiger charge is 2.23. The molecule has 0 bridgehead atoms. The molecular formula is C27H34N2O3. The molecule has 3 aliphatic rings. The lowest BCUT2D eigenvalue weighted by Gasteiger charge is -2.27. The molecule has 2 heterocycles. The largest absolute Gasteiger partial charge is 0.493 e. The third kappa shape index (κ3) is 5.77. The van der Waals surface area contributed by atoms with Gasteiger partial charge in [-0.25, -0.2) is 0 Å². The van der Waals surface area contributed by atoms with Crippen LogP contribution in [-0.2, 0) is 6.42 Å². The molecule has 0 radical (unpaired) electrons. The molecule has 170 valence electrons. The van der Waals surface area contributed by atoms with Gasteiger partial charge in [0.25, 0.3) is 0 Å². The summed E-state index contributed by atoms with van der Waals surface area (Å²) in [5, 5.41) is 3.94. The maximum atomic E-state index is 5.99. The van der Waals surface area contributed by atoms with Crippen molar-refractivity contribution >= 4 is 0 Å². The third-order valence-corrected chi connectivity index (χ3v) is 6.44. The molecule has 5 heteroatoms. The average Bonchev–Trinajstić information content (AvgIpc) is 3.55. The molecule has 1 saturated carbocycles. The van der Waals surface area contributed by atoms with Gasteiger partial charge in [-0.2, -0.15) is 0 Å². The van der Waals surface area contributed by atoms with Gasteiger partial charge in [0.15, 0.2) is 11.5 Å². The number of benzene rings is 2. The van der Waals surface area contributed by atoms with Crippen molar-refractivity contribution in [3.05, 3.63) is 65.4 Å². The lowest BCUT2D eigenvalue weighted by atomic mass is 10.0. The van der Waals surface area contributed by atoms with Gasteiger partial charge in [0.05, 0.1) is 6.61 Å². The zero-order chi connectivity index (χ0) is 21.6. The van der Waals surface area contributed by atoms with Crippen LogP contribution in [0.4, 0.5) is 0 Å². The van der Waals surface area contributed by atoms with Gasteiger partial charge >= 0.3 is 0 Å². The van der Waals surface area contributed by atoms with Crippen molar-refractivity contribution in [2.75, 3.05) is 39.5 Å². The quantitative estimate of drug-likeness (QED) is 0.593. The zero-order valence-electron chi connectivity index (χ0n) is 18.9. The Morgan fingerprint density at radius 1 is 0.969 bits per heavy atom. The number of ether oxygens (including phenoxy) is 3. The molecule has 32 heavy (non-hydrogen) atoms. The fourth-order valence-electron chi connectivity index (χ4n) is 4.69. The predicted molar refractivity (Wildman–Crippen MR) is 127 cm³/mol. The van der Waals surface area contributed by atoms with E-state index in [-0.39, 0.29) is 0 Å². The summed E-state index contributed by atoms with van der Waals surface area (Å²) in [6.07, 6.45) is 6.97. The van der Waals surface area contributed by atoms with Crippen molar-refractivity contribution < 1.29 is 14.2 Å². The maximum Gasteiger partial charge on any atom is 0.161 e. The first-order chi connectivity index (χ1) is 15.8. The van der Waals surface area contributed by atoms with E-state index in [9.17, 15) is 0 Å². The highest BCUT2D eigenvalue weighted by molar-refractivity contribution is 5.44. The first-order valence-corrected chi connectivity index (χ1v) is 12.1. The first kappa shape index (κ1) is 21.2. The molecule has 5 nitrogen and oxygen atoms in total. The summed E-state index contributed by atoms with van der Waals surface area (Å²) in [6.45, 7) is 5.46. The van der Waals surface area contributed by atoms with E-state index in [1.807, 2.05) is 30.3 Å². The number of likely N-dealkylation sites (tertiary alicyclic amines) is 1. The van der Waals surface area contributed by atoms with Crippen LogP contribution in [-0.4, -0.2) is 50.4 Å². The van der Waals surface area contributed by atoms with Gasteiger partial charge in [0.1, 0.15) is 19.0 Å². The molecule has 2 aromatic rings. The van der Waals surface area contributed by atoms with Crippen LogP contribution in [0, 0.1) is 0 Å². The average molecular weight is 435 g/mol. The van der Waals surface area contributed by atoms with Crippen LogP contribution >= 0.6 is 0 Å². The third-order valence-electron chi connectivity index (χ3n) is 6.44. The van der Waals surface area contributed by atoms with Crippen LogP contribution in [0.25, 0.3) is 0 Å². The van der Waals surface area contributed by atoms with E-state index in [0.29, 0.717) is 25.9 Å². The van der Waals surface area contributed by atoms with Gasteiger partial charge in [-0.1, -0.05) is 29.8 Å². The summed E-state index contributed by atoms with van der Waals surface area (Å²) in [5.41, 5.74) is 4.25. The molecule has 5 rings (SSSR count). The molecule has 1 saturated heterocycles.